The number of hydrogen-bond donors (Lipinski definition) is 1. The van der Waals surface area contributed by atoms with Gasteiger partial charge in [-0.15, -0.1) is 0 Å². The summed E-state index contributed by atoms with van der Waals surface area (Å²) >= 11 is 3.42. The molecule has 1 unspecified atom stereocenters. The molecule has 0 radical (unpaired) electrons. The molecule has 33 heavy (non-hydrogen) atoms. The van der Waals surface area contributed by atoms with E-state index in [1.165, 1.54) is 7.11 Å². The van der Waals surface area contributed by atoms with Crippen LogP contribution < -0.4 is 4.72 Å². The van der Waals surface area contributed by atoms with Crippen molar-refractivity contribution in [1.82, 2.24) is 19.5 Å². The summed E-state index contributed by atoms with van der Waals surface area (Å²) in [6, 6.07) is 6.38. The number of alkyl halides is 3. The first-order chi connectivity index (χ1) is 15.6. The zero-order chi connectivity index (χ0) is 23.8. The van der Waals surface area contributed by atoms with E-state index in [1.807, 2.05) is 6.07 Å². The summed E-state index contributed by atoms with van der Waals surface area (Å²) in [5.41, 5.74) is 0.948. The molecule has 3 aromatic rings. The van der Waals surface area contributed by atoms with E-state index in [4.69, 9.17) is 4.74 Å². The van der Waals surface area contributed by atoms with Crippen LogP contribution >= 0.6 is 15.9 Å². The van der Waals surface area contributed by atoms with Crippen molar-refractivity contribution in [2.24, 2.45) is 5.92 Å². The lowest BCUT2D eigenvalue weighted by Gasteiger charge is -2.19. The number of methoxy groups -OCH3 is 1. The highest BCUT2D eigenvalue weighted by molar-refractivity contribution is 9.10. The molecule has 0 amide bonds. The van der Waals surface area contributed by atoms with Crippen LogP contribution in [0.5, 0.6) is 0 Å². The van der Waals surface area contributed by atoms with Crippen molar-refractivity contribution in [3.63, 3.8) is 0 Å². The van der Waals surface area contributed by atoms with Crippen molar-refractivity contribution in [1.29, 1.82) is 0 Å². The topological polar surface area (TPSA) is 86.1 Å². The Morgan fingerprint density at radius 2 is 1.94 bits per heavy atom. The Morgan fingerprint density at radius 1 is 1.24 bits per heavy atom. The number of aromatic nitrogens is 3. The number of rotatable bonds is 8. The molecule has 12 heteroatoms. The molecule has 1 N–H and O–H groups in total. The average molecular weight is 545 g/mol. The van der Waals surface area contributed by atoms with Crippen LogP contribution in [-0.4, -0.2) is 30.3 Å². The normalized spacial score (nSPS) is 15.5. The third kappa shape index (κ3) is 5.29. The molecule has 0 spiro atoms. The molecule has 0 bridgehead atoms. The van der Waals surface area contributed by atoms with Gasteiger partial charge in [-0.2, -0.15) is 18.3 Å². The Bertz CT molecular complexity index is 1240. The second kappa shape index (κ2) is 9.16. The molecule has 0 saturated heterocycles. The highest BCUT2D eigenvalue weighted by Crippen LogP contribution is 2.45. The van der Waals surface area contributed by atoms with Crippen LogP contribution in [0.1, 0.15) is 30.0 Å². The minimum Gasteiger partial charge on any atom is -0.362 e. The molecule has 176 valence electrons. The highest BCUT2D eigenvalue weighted by atomic mass is 79.9. The zero-order valence-corrected chi connectivity index (χ0v) is 19.8. The summed E-state index contributed by atoms with van der Waals surface area (Å²) in [7, 11) is -2.58. The van der Waals surface area contributed by atoms with Gasteiger partial charge in [0.15, 0.2) is 0 Å². The number of halogens is 4. The van der Waals surface area contributed by atoms with Crippen molar-refractivity contribution in [3.05, 3.63) is 64.5 Å². The summed E-state index contributed by atoms with van der Waals surface area (Å²) in [6.45, 7) is 0.161. The van der Waals surface area contributed by atoms with Crippen LogP contribution in [0.25, 0.3) is 11.3 Å². The van der Waals surface area contributed by atoms with Crippen molar-refractivity contribution >= 4 is 26.0 Å². The monoisotopic (exact) mass is 544 g/mol. The molecule has 1 aliphatic carbocycles. The van der Waals surface area contributed by atoms with Gasteiger partial charge < -0.3 is 4.74 Å². The Hall–Kier alpha value is -2.28. The van der Waals surface area contributed by atoms with Crippen LogP contribution in [0, 0.1) is 5.92 Å². The summed E-state index contributed by atoms with van der Waals surface area (Å²) in [6.07, 6.45) is 0.405. The number of nitrogens with zero attached hydrogens (tertiary/aromatic N) is 3. The molecular formula is C21H20BrF3N4O3S. The van der Waals surface area contributed by atoms with E-state index < -0.39 is 27.8 Å². The molecule has 1 aromatic carbocycles. The van der Waals surface area contributed by atoms with Gasteiger partial charge in [-0.25, -0.2) is 22.8 Å². The molecule has 0 aliphatic heterocycles. The van der Waals surface area contributed by atoms with Gasteiger partial charge in [0.1, 0.15) is 11.3 Å². The first kappa shape index (κ1) is 23.9. The van der Waals surface area contributed by atoms with Crippen molar-refractivity contribution in [2.45, 2.75) is 36.7 Å². The van der Waals surface area contributed by atoms with Crippen LogP contribution in [0.3, 0.4) is 0 Å². The van der Waals surface area contributed by atoms with Crippen LogP contribution in [0.2, 0.25) is 0 Å². The maximum Gasteiger partial charge on any atom is 0.416 e. The molecule has 1 atom stereocenters. The quantitative estimate of drug-likeness (QED) is 0.413. The molecule has 2 aromatic heterocycles. The second-order valence-corrected chi connectivity index (χ2v) is 10.2. The summed E-state index contributed by atoms with van der Waals surface area (Å²) in [5.74, 6) is 0.0311. The fourth-order valence-electron chi connectivity index (χ4n) is 3.54. The van der Waals surface area contributed by atoms with Gasteiger partial charge in [0, 0.05) is 30.6 Å². The van der Waals surface area contributed by atoms with Gasteiger partial charge in [0.2, 0.25) is 10.0 Å². The van der Waals surface area contributed by atoms with E-state index >= 15 is 0 Å². The number of benzene rings is 1. The predicted octanol–water partition coefficient (Wildman–Crippen LogP) is 4.76. The molecule has 2 heterocycles. The molecule has 1 fully saturated rings. The average Bonchev–Trinajstić information content (AvgIpc) is 3.52. The number of pyridine rings is 1. The first-order valence-corrected chi connectivity index (χ1v) is 12.2. The lowest BCUT2D eigenvalue weighted by molar-refractivity contribution is -0.137. The number of ether oxygens (including phenoxy) is 1. The third-order valence-corrected chi connectivity index (χ3v) is 7.36. The predicted molar refractivity (Wildman–Crippen MR) is 117 cm³/mol. The zero-order valence-electron chi connectivity index (χ0n) is 17.4. The number of hydrogen-bond acceptors (Lipinski definition) is 5. The van der Waals surface area contributed by atoms with E-state index in [2.05, 4.69) is 30.7 Å². The summed E-state index contributed by atoms with van der Waals surface area (Å²) < 4.78 is 74.8. The fourth-order valence-corrected chi connectivity index (χ4v) is 5.26. The van der Waals surface area contributed by atoms with E-state index in [0.717, 1.165) is 37.1 Å². The Kier molecular flexibility index (Phi) is 6.63. The standard InChI is InChI=1S/C21H20BrF3N4O3S/c1-32-12-29-11-17(19(27-29)16-3-2-10-26-20(16)22)18(13-4-5-13)28-33(30,31)15-8-6-14(7-9-15)21(23,24)25/h2-3,6-11,13,18,28H,4-5,12H2,1H3. The molecular weight excluding hydrogens is 525 g/mol. The lowest BCUT2D eigenvalue weighted by atomic mass is 10.0. The van der Waals surface area contributed by atoms with E-state index in [0.29, 0.717) is 21.4 Å². The Labute approximate surface area is 197 Å². The second-order valence-electron chi connectivity index (χ2n) is 7.69. The largest absolute Gasteiger partial charge is 0.416 e. The minimum absolute atomic E-state index is 0.0311. The van der Waals surface area contributed by atoms with Gasteiger partial charge in [-0.05, 0) is 71.1 Å². The van der Waals surface area contributed by atoms with E-state index in [1.54, 1.807) is 23.1 Å². The number of nitrogens with one attached hydrogen (secondary N) is 1. The van der Waals surface area contributed by atoms with Gasteiger partial charge in [-0.3, -0.25) is 0 Å². The minimum atomic E-state index is -4.55. The van der Waals surface area contributed by atoms with Gasteiger partial charge >= 0.3 is 6.18 Å². The molecule has 1 saturated carbocycles. The summed E-state index contributed by atoms with van der Waals surface area (Å²) in [5, 5.41) is 4.57. The van der Waals surface area contributed by atoms with Gasteiger partial charge in [0.25, 0.3) is 0 Å². The van der Waals surface area contributed by atoms with E-state index in [-0.39, 0.29) is 17.5 Å². The SMILES string of the molecule is COCn1cc(C(NS(=O)(=O)c2ccc(C(F)(F)F)cc2)C2CC2)c(-c2cccnc2Br)n1. The third-order valence-electron chi connectivity index (χ3n) is 5.27. The van der Waals surface area contributed by atoms with Crippen LogP contribution in [0.15, 0.2) is 58.3 Å². The lowest BCUT2D eigenvalue weighted by Crippen LogP contribution is -2.30. The van der Waals surface area contributed by atoms with Gasteiger partial charge in [-0.1, -0.05) is 0 Å². The molecule has 4 rings (SSSR count). The van der Waals surface area contributed by atoms with Crippen LogP contribution in [0.4, 0.5) is 13.2 Å². The number of sulfonamides is 1. The van der Waals surface area contributed by atoms with Crippen molar-refractivity contribution in [2.75, 3.05) is 7.11 Å². The van der Waals surface area contributed by atoms with E-state index in [9.17, 15) is 21.6 Å². The maximum absolute atomic E-state index is 13.1. The van der Waals surface area contributed by atoms with Gasteiger partial charge in [0.05, 0.1) is 22.2 Å². The summed E-state index contributed by atoms with van der Waals surface area (Å²) in [4.78, 5) is 3.99. The van der Waals surface area contributed by atoms with Crippen molar-refractivity contribution in [3.8, 4) is 11.3 Å². The Balaban J connectivity index is 1.72. The highest BCUT2D eigenvalue weighted by Gasteiger charge is 2.38. The fraction of sp³-hybridized carbons (Fsp3) is 0.333. The van der Waals surface area contributed by atoms with Crippen LogP contribution in [-0.2, 0) is 27.7 Å². The van der Waals surface area contributed by atoms with Crippen molar-refractivity contribution < 1.29 is 26.3 Å². The molecule has 7 nitrogen and oxygen atoms in total. The first-order valence-electron chi connectivity index (χ1n) is 9.97. The maximum atomic E-state index is 13.1. The smallest absolute Gasteiger partial charge is 0.362 e. The molecule has 1 aliphatic rings. The Morgan fingerprint density at radius 3 is 2.52 bits per heavy atom.